The van der Waals surface area contributed by atoms with Gasteiger partial charge in [0, 0.05) is 0 Å². The second-order valence-electron chi connectivity index (χ2n) is 6.44. The normalized spacial score (nSPS) is 11.3. The van der Waals surface area contributed by atoms with Gasteiger partial charge in [-0.1, -0.05) is 41.4 Å². The maximum atomic E-state index is 12.5. The Kier molecular flexibility index (Phi) is 5.70. The minimum absolute atomic E-state index is 0.339. The SMILES string of the molecule is O=c1[nH]c2ccccc2c(=O)n1N=Cc1ccc(OCc2ccc(Cl)c(Cl)c2)cc1. The smallest absolute Gasteiger partial charge is 0.349 e. The number of halogens is 2. The number of nitrogens with zero attached hydrogens (tertiary/aromatic N) is 2. The maximum absolute atomic E-state index is 12.5. The molecule has 1 heterocycles. The van der Waals surface area contributed by atoms with Crippen LogP contribution >= 0.6 is 23.2 Å². The third kappa shape index (κ3) is 4.30. The van der Waals surface area contributed by atoms with Gasteiger partial charge in [-0.25, -0.2) is 4.79 Å². The predicted molar refractivity (Wildman–Crippen MR) is 119 cm³/mol. The highest BCUT2D eigenvalue weighted by Gasteiger charge is 2.05. The van der Waals surface area contributed by atoms with Crippen molar-refractivity contribution in [2.24, 2.45) is 5.10 Å². The Labute approximate surface area is 181 Å². The number of aromatic nitrogens is 2. The molecule has 6 nitrogen and oxygen atoms in total. The van der Waals surface area contributed by atoms with E-state index in [4.69, 9.17) is 27.9 Å². The van der Waals surface area contributed by atoms with Crippen LogP contribution in [-0.4, -0.2) is 15.9 Å². The molecule has 0 bridgehead atoms. The molecule has 4 aromatic rings. The number of rotatable bonds is 5. The molecule has 0 unspecified atom stereocenters. The molecule has 4 rings (SSSR count). The van der Waals surface area contributed by atoms with E-state index in [1.165, 1.54) is 6.21 Å². The molecule has 0 aliphatic heterocycles. The summed E-state index contributed by atoms with van der Waals surface area (Å²) in [5.74, 6) is 0.652. The van der Waals surface area contributed by atoms with Crippen LogP contribution in [0.5, 0.6) is 5.75 Å². The average Bonchev–Trinajstić information content (AvgIpc) is 2.75. The average molecular weight is 440 g/mol. The van der Waals surface area contributed by atoms with Crippen molar-refractivity contribution >= 4 is 40.3 Å². The number of H-pyrrole nitrogens is 1. The molecule has 30 heavy (non-hydrogen) atoms. The maximum Gasteiger partial charge on any atom is 0.349 e. The summed E-state index contributed by atoms with van der Waals surface area (Å²) < 4.78 is 6.54. The van der Waals surface area contributed by atoms with Crippen molar-refractivity contribution in [3.63, 3.8) is 0 Å². The first kappa shape index (κ1) is 19.9. The highest BCUT2D eigenvalue weighted by molar-refractivity contribution is 6.42. The summed E-state index contributed by atoms with van der Waals surface area (Å²) in [6.45, 7) is 0.339. The molecule has 0 radical (unpaired) electrons. The van der Waals surface area contributed by atoms with Crippen molar-refractivity contribution in [2.45, 2.75) is 6.61 Å². The van der Waals surface area contributed by atoms with Crippen molar-refractivity contribution in [2.75, 3.05) is 0 Å². The fraction of sp³-hybridized carbons (Fsp3) is 0.0455. The first-order chi connectivity index (χ1) is 14.5. The molecule has 3 aromatic carbocycles. The van der Waals surface area contributed by atoms with Crippen molar-refractivity contribution < 1.29 is 4.74 Å². The van der Waals surface area contributed by atoms with Gasteiger partial charge in [0.2, 0.25) is 0 Å². The van der Waals surface area contributed by atoms with Gasteiger partial charge in [-0.2, -0.15) is 5.10 Å². The van der Waals surface area contributed by atoms with Crippen LogP contribution in [0.25, 0.3) is 10.9 Å². The van der Waals surface area contributed by atoms with E-state index in [0.717, 1.165) is 10.2 Å². The van der Waals surface area contributed by atoms with Crippen LogP contribution in [0.4, 0.5) is 0 Å². The summed E-state index contributed by atoms with van der Waals surface area (Å²) in [5.41, 5.74) is 0.993. The van der Waals surface area contributed by atoms with Crippen molar-refractivity contribution in [3.8, 4) is 5.75 Å². The van der Waals surface area contributed by atoms with Gasteiger partial charge in [-0.3, -0.25) is 4.79 Å². The van der Waals surface area contributed by atoms with Crippen LogP contribution in [0.1, 0.15) is 11.1 Å². The van der Waals surface area contributed by atoms with Crippen LogP contribution < -0.4 is 16.0 Å². The second-order valence-corrected chi connectivity index (χ2v) is 7.26. The van der Waals surface area contributed by atoms with Crippen LogP contribution in [-0.2, 0) is 6.61 Å². The number of hydrogen-bond donors (Lipinski definition) is 1. The van der Waals surface area contributed by atoms with Gasteiger partial charge >= 0.3 is 5.69 Å². The summed E-state index contributed by atoms with van der Waals surface area (Å²) in [7, 11) is 0. The van der Waals surface area contributed by atoms with Crippen molar-refractivity contribution in [3.05, 3.63) is 109 Å². The lowest BCUT2D eigenvalue weighted by Crippen LogP contribution is -2.32. The zero-order chi connectivity index (χ0) is 21.1. The number of fused-ring (bicyclic) bond motifs is 1. The summed E-state index contributed by atoms with van der Waals surface area (Å²) in [6, 6.07) is 19.2. The minimum atomic E-state index is -0.600. The van der Waals surface area contributed by atoms with E-state index in [1.54, 1.807) is 60.7 Å². The van der Waals surface area contributed by atoms with E-state index in [1.807, 2.05) is 6.07 Å². The number of aromatic amines is 1. The summed E-state index contributed by atoms with van der Waals surface area (Å²) >= 11 is 11.9. The first-order valence-corrected chi connectivity index (χ1v) is 9.72. The summed E-state index contributed by atoms with van der Waals surface area (Å²) in [4.78, 5) is 27.3. The van der Waals surface area contributed by atoms with E-state index in [0.29, 0.717) is 38.9 Å². The lowest BCUT2D eigenvalue weighted by Gasteiger charge is -2.07. The van der Waals surface area contributed by atoms with E-state index in [-0.39, 0.29) is 0 Å². The Bertz CT molecular complexity index is 1360. The topological polar surface area (TPSA) is 76.5 Å². The number of para-hydroxylation sites is 1. The van der Waals surface area contributed by atoms with Gasteiger partial charge in [0.25, 0.3) is 5.56 Å². The van der Waals surface area contributed by atoms with E-state index < -0.39 is 11.2 Å². The molecule has 1 N–H and O–H groups in total. The summed E-state index contributed by atoms with van der Waals surface area (Å²) in [5, 5.41) is 5.39. The van der Waals surface area contributed by atoms with Gasteiger partial charge in [0.05, 0.1) is 27.2 Å². The standard InChI is InChI=1S/C22H15Cl2N3O3/c23-18-10-7-15(11-19(18)24)13-30-16-8-5-14(6-9-16)12-25-27-21(28)17-3-1-2-4-20(17)26-22(27)29/h1-12H,13H2,(H,26,29). The van der Waals surface area contributed by atoms with Crippen LogP contribution in [0, 0.1) is 0 Å². The Morgan fingerprint density at radius 2 is 1.73 bits per heavy atom. The molecule has 0 saturated heterocycles. The van der Waals surface area contributed by atoms with E-state index >= 15 is 0 Å². The predicted octanol–water partition coefficient (Wildman–Crippen LogP) is 4.46. The highest BCUT2D eigenvalue weighted by atomic mass is 35.5. The molecule has 0 aliphatic rings. The molecule has 0 atom stereocenters. The van der Waals surface area contributed by atoms with Gasteiger partial charge in [0.1, 0.15) is 12.4 Å². The molecular formula is C22H15Cl2N3O3. The van der Waals surface area contributed by atoms with Crippen LogP contribution in [0.2, 0.25) is 10.0 Å². The fourth-order valence-corrected chi connectivity index (χ4v) is 3.15. The molecule has 0 spiro atoms. The number of hydrogen-bond acceptors (Lipinski definition) is 4. The first-order valence-electron chi connectivity index (χ1n) is 8.96. The third-order valence-electron chi connectivity index (χ3n) is 4.38. The largest absolute Gasteiger partial charge is 0.489 e. The van der Waals surface area contributed by atoms with Crippen LogP contribution in [0.15, 0.2) is 81.4 Å². The Hall–Kier alpha value is -3.35. The molecule has 0 fully saturated rings. The number of ether oxygens (including phenoxy) is 1. The van der Waals surface area contributed by atoms with Gasteiger partial charge in [-0.05, 0) is 59.7 Å². The van der Waals surface area contributed by atoms with E-state index in [2.05, 4.69) is 10.1 Å². The lowest BCUT2D eigenvalue weighted by atomic mass is 10.2. The fourth-order valence-electron chi connectivity index (χ4n) is 2.83. The molecule has 0 aliphatic carbocycles. The third-order valence-corrected chi connectivity index (χ3v) is 5.11. The summed E-state index contributed by atoms with van der Waals surface area (Å²) in [6.07, 6.45) is 1.44. The van der Waals surface area contributed by atoms with Gasteiger partial charge in [-0.15, -0.1) is 4.68 Å². The zero-order valence-electron chi connectivity index (χ0n) is 15.5. The van der Waals surface area contributed by atoms with Gasteiger partial charge < -0.3 is 9.72 Å². The number of nitrogens with one attached hydrogen (secondary N) is 1. The minimum Gasteiger partial charge on any atom is -0.489 e. The zero-order valence-corrected chi connectivity index (χ0v) is 17.0. The highest BCUT2D eigenvalue weighted by Crippen LogP contribution is 2.23. The van der Waals surface area contributed by atoms with Crippen molar-refractivity contribution in [1.82, 2.24) is 9.66 Å². The van der Waals surface area contributed by atoms with Gasteiger partial charge in [0.15, 0.2) is 0 Å². The van der Waals surface area contributed by atoms with E-state index in [9.17, 15) is 9.59 Å². The quantitative estimate of drug-likeness (QED) is 0.466. The Morgan fingerprint density at radius 1 is 0.967 bits per heavy atom. The van der Waals surface area contributed by atoms with Crippen LogP contribution in [0.3, 0.4) is 0 Å². The Balaban J connectivity index is 1.49. The molecule has 150 valence electrons. The molecule has 8 heteroatoms. The lowest BCUT2D eigenvalue weighted by molar-refractivity contribution is 0.306. The Morgan fingerprint density at radius 3 is 2.50 bits per heavy atom. The molecule has 0 saturated carbocycles. The van der Waals surface area contributed by atoms with Crippen molar-refractivity contribution in [1.29, 1.82) is 0 Å². The molecular weight excluding hydrogens is 425 g/mol. The number of benzene rings is 3. The molecule has 0 amide bonds. The monoisotopic (exact) mass is 439 g/mol. The molecule has 1 aromatic heterocycles. The second kappa shape index (κ2) is 8.57.